The van der Waals surface area contributed by atoms with Crippen LogP contribution in [0.3, 0.4) is 0 Å². The molecule has 0 atom stereocenters. The molecule has 100 valence electrons. The number of carbonyl (C=O) groups excluding carboxylic acids is 1. The molecule has 1 amide bonds. The van der Waals surface area contributed by atoms with Crippen LogP contribution in [-0.2, 0) is 4.74 Å². The molecule has 0 aliphatic carbocycles. The molecule has 0 fully saturated rings. The van der Waals surface area contributed by atoms with Crippen LogP contribution in [0, 0.1) is 0 Å². The largest absolute Gasteiger partial charge is 0.451 e. The van der Waals surface area contributed by atoms with E-state index in [1.54, 1.807) is 25.3 Å². The first-order valence-electron chi connectivity index (χ1n) is 5.77. The Balaban J connectivity index is 2.08. The van der Waals surface area contributed by atoms with Gasteiger partial charge in [-0.2, -0.15) is 0 Å². The zero-order chi connectivity index (χ0) is 13.7. The van der Waals surface area contributed by atoms with Crippen LogP contribution in [0.25, 0.3) is 11.3 Å². The Morgan fingerprint density at radius 1 is 1.37 bits per heavy atom. The molecule has 0 aromatic carbocycles. The second-order valence-corrected chi connectivity index (χ2v) is 3.85. The molecule has 2 aromatic rings. The normalized spacial score (nSPS) is 10.4. The summed E-state index contributed by atoms with van der Waals surface area (Å²) in [7, 11) is 1.56. The Labute approximate surface area is 109 Å². The molecule has 0 radical (unpaired) electrons. The number of rotatable bonds is 5. The van der Waals surface area contributed by atoms with E-state index in [4.69, 9.17) is 9.15 Å². The lowest BCUT2D eigenvalue weighted by atomic mass is 10.2. The summed E-state index contributed by atoms with van der Waals surface area (Å²) in [6.07, 6.45) is 1.54. The maximum Gasteiger partial charge on any atom is 0.287 e. The van der Waals surface area contributed by atoms with Crippen LogP contribution < -0.4 is 10.9 Å². The number of pyridine rings is 1. The van der Waals surface area contributed by atoms with E-state index in [1.807, 2.05) is 0 Å². The molecule has 0 aliphatic rings. The number of H-pyrrole nitrogens is 1. The minimum Gasteiger partial charge on any atom is -0.451 e. The maximum absolute atomic E-state index is 11.7. The molecule has 0 bridgehead atoms. The van der Waals surface area contributed by atoms with Gasteiger partial charge in [0.05, 0.1) is 6.61 Å². The van der Waals surface area contributed by atoms with Gasteiger partial charge in [-0.05, 0) is 18.2 Å². The van der Waals surface area contributed by atoms with Crippen LogP contribution in [0.4, 0.5) is 0 Å². The standard InChI is InChI=1S/C13H14N2O4/c1-18-7-6-14-13(17)11-4-3-10(19-11)9-2-5-12(16)15-8-9/h2-5,8H,6-7H2,1H3,(H,14,17)(H,15,16). The number of carbonyl (C=O) groups is 1. The average molecular weight is 262 g/mol. The van der Waals surface area contributed by atoms with Crippen LogP contribution in [0.1, 0.15) is 10.6 Å². The Bertz CT molecular complexity index is 595. The molecule has 2 heterocycles. The van der Waals surface area contributed by atoms with Gasteiger partial charge in [0.15, 0.2) is 5.76 Å². The van der Waals surface area contributed by atoms with E-state index in [2.05, 4.69) is 10.3 Å². The SMILES string of the molecule is COCCNC(=O)c1ccc(-c2ccc(=O)[nH]c2)o1. The van der Waals surface area contributed by atoms with Gasteiger partial charge >= 0.3 is 0 Å². The lowest BCUT2D eigenvalue weighted by Crippen LogP contribution is -2.26. The van der Waals surface area contributed by atoms with E-state index in [0.717, 1.165) is 0 Å². The smallest absolute Gasteiger partial charge is 0.287 e. The molecular weight excluding hydrogens is 248 g/mol. The molecule has 0 saturated heterocycles. The van der Waals surface area contributed by atoms with Gasteiger partial charge in [-0.3, -0.25) is 9.59 Å². The molecule has 6 nitrogen and oxygen atoms in total. The van der Waals surface area contributed by atoms with Crippen LogP contribution in [-0.4, -0.2) is 31.2 Å². The monoisotopic (exact) mass is 262 g/mol. The van der Waals surface area contributed by atoms with Crippen molar-refractivity contribution in [2.45, 2.75) is 0 Å². The number of nitrogens with one attached hydrogen (secondary N) is 2. The fraction of sp³-hybridized carbons (Fsp3) is 0.231. The summed E-state index contributed by atoms with van der Waals surface area (Å²) in [6, 6.07) is 6.29. The van der Waals surface area contributed by atoms with Crippen molar-refractivity contribution in [3.05, 3.63) is 46.6 Å². The average Bonchev–Trinajstić information content (AvgIpc) is 2.89. The minimum atomic E-state index is -0.298. The molecule has 6 heteroatoms. The predicted molar refractivity (Wildman–Crippen MR) is 69.0 cm³/mol. The van der Waals surface area contributed by atoms with Crippen molar-refractivity contribution in [1.29, 1.82) is 0 Å². The third kappa shape index (κ3) is 3.32. The number of hydrogen-bond acceptors (Lipinski definition) is 4. The zero-order valence-electron chi connectivity index (χ0n) is 10.4. The summed E-state index contributed by atoms with van der Waals surface area (Å²) in [5.74, 6) is 0.443. The number of furan rings is 1. The van der Waals surface area contributed by atoms with Crippen LogP contribution in [0.15, 0.2) is 39.7 Å². The summed E-state index contributed by atoms with van der Waals surface area (Å²) in [5, 5.41) is 2.66. The highest BCUT2D eigenvalue weighted by Gasteiger charge is 2.11. The molecule has 2 N–H and O–H groups in total. The first kappa shape index (κ1) is 13.1. The van der Waals surface area contributed by atoms with Crippen molar-refractivity contribution >= 4 is 5.91 Å². The van der Waals surface area contributed by atoms with E-state index in [1.165, 1.54) is 12.3 Å². The quantitative estimate of drug-likeness (QED) is 0.788. The summed E-state index contributed by atoms with van der Waals surface area (Å²) >= 11 is 0. The fourth-order valence-corrected chi connectivity index (χ4v) is 1.53. The second-order valence-electron chi connectivity index (χ2n) is 3.85. The Morgan fingerprint density at radius 2 is 2.21 bits per heavy atom. The van der Waals surface area contributed by atoms with Crippen molar-refractivity contribution in [3.63, 3.8) is 0 Å². The van der Waals surface area contributed by atoms with Gasteiger partial charge in [-0.25, -0.2) is 0 Å². The number of methoxy groups -OCH3 is 1. The summed E-state index contributed by atoms with van der Waals surface area (Å²) in [5.41, 5.74) is 0.517. The van der Waals surface area contributed by atoms with E-state index in [9.17, 15) is 9.59 Å². The fourth-order valence-electron chi connectivity index (χ4n) is 1.53. The van der Waals surface area contributed by atoms with Crippen LogP contribution in [0.5, 0.6) is 0 Å². The molecular formula is C13H14N2O4. The molecule has 2 rings (SSSR count). The van der Waals surface area contributed by atoms with Gasteiger partial charge < -0.3 is 19.5 Å². The van der Waals surface area contributed by atoms with E-state index in [0.29, 0.717) is 24.5 Å². The molecule has 2 aromatic heterocycles. The number of aromatic nitrogens is 1. The van der Waals surface area contributed by atoms with Gasteiger partial charge in [-0.15, -0.1) is 0 Å². The van der Waals surface area contributed by atoms with Gasteiger partial charge in [0.2, 0.25) is 5.56 Å². The zero-order valence-corrected chi connectivity index (χ0v) is 10.4. The summed E-state index contributed by atoms with van der Waals surface area (Å²) < 4.78 is 10.3. The van der Waals surface area contributed by atoms with Crippen molar-refractivity contribution in [3.8, 4) is 11.3 Å². The molecule has 0 aliphatic heterocycles. The highest BCUT2D eigenvalue weighted by atomic mass is 16.5. The maximum atomic E-state index is 11.7. The lowest BCUT2D eigenvalue weighted by molar-refractivity contribution is 0.0910. The third-order valence-electron chi connectivity index (χ3n) is 2.49. The highest BCUT2D eigenvalue weighted by Crippen LogP contribution is 2.20. The Kier molecular flexibility index (Phi) is 4.15. The van der Waals surface area contributed by atoms with Crippen LogP contribution >= 0.6 is 0 Å². The summed E-state index contributed by atoms with van der Waals surface area (Å²) in [4.78, 5) is 25.2. The van der Waals surface area contributed by atoms with E-state index < -0.39 is 0 Å². The molecule has 0 saturated carbocycles. The minimum absolute atomic E-state index is 0.187. The van der Waals surface area contributed by atoms with Crippen molar-refractivity contribution in [2.75, 3.05) is 20.3 Å². The van der Waals surface area contributed by atoms with Crippen molar-refractivity contribution < 1.29 is 13.9 Å². The topological polar surface area (TPSA) is 84.3 Å². The van der Waals surface area contributed by atoms with Crippen molar-refractivity contribution in [1.82, 2.24) is 10.3 Å². The lowest BCUT2D eigenvalue weighted by Gasteiger charge is -2.01. The number of hydrogen-bond donors (Lipinski definition) is 2. The van der Waals surface area contributed by atoms with Gasteiger partial charge in [0.25, 0.3) is 5.91 Å². The molecule has 19 heavy (non-hydrogen) atoms. The van der Waals surface area contributed by atoms with Gasteiger partial charge in [0, 0.05) is 31.5 Å². The molecule has 0 unspecified atom stereocenters. The van der Waals surface area contributed by atoms with Crippen molar-refractivity contribution in [2.24, 2.45) is 0 Å². The van der Waals surface area contributed by atoms with Gasteiger partial charge in [-0.1, -0.05) is 0 Å². The first-order valence-corrected chi connectivity index (χ1v) is 5.77. The Morgan fingerprint density at radius 3 is 2.89 bits per heavy atom. The number of ether oxygens (including phenoxy) is 1. The van der Waals surface area contributed by atoms with E-state index >= 15 is 0 Å². The number of aromatic amines is 1. The Hall–Kier alpha value is -2.34. The first-order chi connectivity index (χ1) is 9.20. The third-order valence-corrected chi connectivity index (χ3v) is 2.49. The summed E-state index contributed by atoms with van der Waals surface area (Å²) in [6.45, 7) is 0.864. The van der Waals surface area contributed by atoms with E-state index in [-0.39, 0.29) is 17.2 Å². The van der Waals surface area contributed by atoms with Gasteiger partial charge in [0.1, 0.15) is 5.76 Å². The number of amides is 1. The molecule has 0 spiro atoms. The predicted octanol–water partition coefficient (Wildman–Crippen LogP) is 1.01. The van der Waals surface area contributed by atoms with Crippen LogP contribution in [0.2, 0.25) is 0 Å². The second kappa shape index (κ2) is 6.01. The highest BCUT2D eigenvalue weighted by molar-refractivity contribution is 5.92.